The third-order valence-corrected chi connectivity index (χ3v) is 13.8. The fourth-order valence-electron chi connectivity index (χ4n) is 9.86. The van der Waals surface area contributed by atoms with Crippen molar-refractivity contribution >= 4 is 67.0 Å². The first-order chi connectivity index (χ1) is 27.8. The van der Waals surface area contributed by atoms with Crippen molar-refractivity contribution in [2.45, 2.75) is 38.5 Å². The lowest BCUT2D eigenvalue weighted by molar-refractivity contribution is 0.603. The second kappa shape index (κ2) is 12.5. The van der Waals surface area contributed by atoms with Crippen LogP contribution in [0.1, 0.15) is 49.9 Å². The summed E-state index contributed by atoms with van der Waals surface area (Å²) < 4.78 is 0. The Hall–Kier alpha value is -6.42. The molecule has 8 aromatic carbocycles. The van der Waals surface area contributed by atoms with E-state index in [0.717, 1.165) is 11.4 Å². The van der Waals surface area contributed by atoms with Crippen molar-refractivity contribution in [1.29, 1.82) is 0 Å². The van der Waals surface area contributed by atoms with Crippen LogP contribution in [-0.2, 0) is 10.8 Å². The summed E-state index contributed by atoms with van der Waals surface area (Å²) in [7, 11) is 0. The van der Waals surface area contributed by atoms with Gasteiger partial charge in [-0.05, 0) is 105 Å². The van der Waals surface area contributed by atoms with Gasteiger partial charge in [0.05, 0.1) is 11.4 Å². The van der Waals surface area contributed by atoms with Crippen molar-refractivity contribution in [3.8, 4) is 20.9 Å². The maximum atomic E-state index is 2.47. The Balaban J connectivity index is 1.03. The maximum absolute atomic E-state index is 2.47. The first kappa shape index (κ1) is 33.9. The molecule has 2 aliphatic rings. The minimum absolute atomic E-state index is 0.187. The number of para-hydroxylation sites is 2. The molecule has 0 unspecified atom stereocenters. The molecule has 11 rings (SSSR count). The van der Waals surface area contributed by atoms with Crippen LogP contribution in [0.4, 0.5) is 34.1 Å². The van der Waals surface area contributed by atoms with Crippen molar-refractivity contribution in [3.05, 3.63) is 204 Å². The number of anilines is 6. The third-order valence-electron chi connectivity index (χ3n) is 12.6. The zero-order chi connectivity index (χ0) is 38.5. The number of nitrogens with zero attached hydrogens (tertiary/aromatic N) is 2. The predicted octanol–water partition coefficient (Wildman–Crippen LogP) is 15.6. The van der Waals surface area contributed by atoms with Crippen molar-refractivity contribution in [3.63, 3.8) is 0 Å². The Morgan fingerprint density at radius 3 is 1.19 bits per heavy atom. The fraction of sp³-hybridized carbons (Fsp3) is 0.111. The second-order valence-electron chi connectivity index (χ2n) is 16.6. The highest BCUT2D eigenvalue weighted by atomic mass is 32.1. The molecular formula is C54H42N2S. The SMILES string of the molecule is CC1(C)c2cc(N(c3ccccc3)c3cccc4ccccc34)ccc2-c2sc3c(c21)C(C)(C)c1cc(N(c2ccccc2)c2cccc4ccccc24)ccc1-3. The van der Waals surface area contributed by atoms with Crippen LogP contribution in [0.25, 0.3) is 42.4 Å². The van der Waals surface area contributed by atoms with Gasteiger partial charge in [0.1, 0.15) is 0 Å². The molecular weight excluding hydrogens is 709 g/mol. The summed E-state index contributed by atoms with van der Waals surface area (Å²) in [6, 6.07) is 66.7. The van der Waals surface area contributed by atoms with E-state index >= 15 is 0 Å². The Labute approximate surface area is 338 Å². The van der Waals surface area contributed by atoms with Gasteiger partial charge in [0, 0.05) is 54.1 Å². The second-order valence-corrected chi connectivity index (χ2v) is 17.6. The number of hydrogen-bond acceptors (Lipinski definition) is 3. The van der Waals surface area contributed by atoms with Gasteiger partial charge in [-0.3, -0.25) is 0 Å². The molecule has 2 aliphatic carbocycles. The van der Waals surface area contributed by atoms with Crippen molar-refractivity contribution in [2.75, 3.05) is 9.80 Å². The third kappa shape index (κ3) is 5.02. The van der Waals surface area contributed by atoms with Gasteiger partial charge in [0.25, 0.3) is 0 Å². The largest absolute Gasteiger partial charge is 0.310 e. The highest BCUT2D eigenvalue weighted by molar-refractivity contribution is 7.19. The smallest absolute Gasteiger partial charge is 0.0540 e. The van der Waals surface area contributed by atoms with E-state index in [1.807, 2.05) is 11.3 Å². The topological polar surface area (TPSA) is 6.48 Å². The Morgan fingerprint density at radius 1 is 0.368 bits per heavy atom. The molecule has 57 heavy (non-hydrogen) atoms. The zero-order valence-electron chi connectivity index (χ0n) is 32.6. The van der Waals surface area contributed by atoms with Gasteiger partial charge < -0.3 is 9.80 Å². The summed E-state index contributed by atoms with van der Waals surface area (Å²) >= 11 is 1.99. The number of hydrogen-bond donors (Lipinski definition) is 0. The van der Waals surface area contributed by atoms with Gasteiger partial charge in [0.2, 0.25) is 0 Å². The molecule has 0 radical (unpaired) electrons. The van der Waals surface area contributed by atoms with Crippen molar-refractivity contribution in [1.82, 2.24) is 0 Å². The Bertz CT molecular complexity index is 2810. The van der Waals surface area contributed by atoms with Gasteiger partial charge >= 0.3 is 0 Å². The standard InChI is InChI=1S/C54H42N2S/c1-53(2)45-33-39(55(37-21-7-5-8-22-37)47-27-15-19-35-17-11-13-25-41(35)47)29-31-43(45)51-49(53)50-52(57-51)44-32-30-40(34-46(44)54(50,3)4)56(38-23-9-6-10-24-38)48-28-16-20-36-18-12-14-26-42(36)48/h5-34H,1-4H3. The predicted molar refractivity (Wildman–Crippen MR) is 244 cm³/mol. The lowest BCUT2D eigenvalue weighted by Crippen LogP contribution is -2.23. The van der Waals surface area contributed by atoms with E-state index in [-0.39, 0.29) is 10.8 Å². The number of rotatable bonds is 6. The first-order valence-corrected chi connectivity index (χ1v) is 20.8. The van der Waals surface area contributed by atoms with Crippen LogP contribution in [0, 0.1) is 0 Å². The summed E-state index contributed by atoms with van der Waals surface area (Å²) in [5.41, 5.74) is 15.2. The minimum atomic E-state index is -0.187. The van der Waals surface area contributed by atoms with E-state index in [1.54, 1.807) is 0 Å². The summed E-state index contributed by atoms with van der Waals surface area (Å²) in [6.45, 7) is 9.78. The summed E-state index contributed by atoms with van der Waals surface area (Å²) in [5.74, 6) is 0. The molecule has 0 fully saturated rings. The number of fused-ring (bicyclic) bond motifs is 9. The van der Waals surface area contributed by atoms with E-state index < -0.39 is 0 Å². The van der Waals surface area contributed by atoms with Crippen LogP contribution >= 0.6 is 11.3 Å². The summed E-state index contributed by atoms with van der Waals surface area (Å²) in [6.07, 6.45) is 0. The zero-order valence-corrected chi connectivity index (χ0v) is 33.4. The number of thiophene rings is 1. The Kier molecular flexibility index (Phi) is 7.46. The van der Waals surface area contributed by atoms with Crippen LogP contribution < -0.4 is 9.80 Å². The van der Waals surface area contributed by atoms with E-state index in [2.05, 4.69) is 219 Å². The summed E-state index contributed by atoms with van der Waals surface area (Å²) in [5, 5.41) is 4.96. The first-order valence-electron chi connectivity index (χ1n) is 19.9. The molecule has 2 nitrogen and oxygen atoms in total. The molecule has 0 bridgehead atoms. The molecule has 274 valence electrons. The molecule has 0 amide bonds. The van der Waals surface area contributed by atoms with Crippen LogP contribution in [0.5, 0.6) is 0 Å². The van der Waals surface area contributed by atoms with Gasteiger partial charge in [-0.25, -0.2) is 0 Å². The normalized spacial score (nSPS) is 14.2. The molecule has 1 heterocycles. The van der Waals surface area contributed by atoms with E-state index in [4.69, 9.17) is 0 Å². The fourth-order valence-corrected chi connectivity index (χ4v) is 11.6. The van der Waals surface area contributed by atoms with Crippen LogP contribution in [0.3, 0.4) is 0 Å². The van der Waals surface area contributed by atoms with E-state index in [9.17, 15) is 0 Å². The average molecular weight is 751 g/mol. The van der Waals surface area contributed by atoms with Gasteiger partial charge in [0.15, 0.2) is 0 Å². The quantitative estimate of drug-likeness (QED) is 0.167. The molecule has 0 atom stereocenters. The minimum Gasteiger partial charge on any atom is -0.310 e. The van der Waals surface area contributed by atoms with Crippen LogP contribution in [0.2, 0.25) is 0 Å². The highest BCUT2D eigenvalue weighted by Crippen LogP contribution is 2.64. The average Bonchev–Trinajstić information content (AvgIpc) is 3.83. The molecule has 0 saturated carbocycles. The lowest BCUT2D eigenvalue weighted by Gasteiger charge is -2.31. The monoisotopic (exact) mass is 750 g/mol. The molecule has 9 aromatic rings. The molecule has 0 spiro atoms. The molecule has 3 heteroatoms. The van der Waals surface area contributed by atoms with Crippen LogP contribution in [0.15, 0.2) is 182 Å². The van der Waals surface area contributed by atoms with E-state index in [1.165, 1.54) is 87.4 Å². The maximum Gasteiger partial charge on any atom is 0.0540 e. The molecule has 0 saturated heterocycles. The highest BCUT2D eigenvalue weighted by Gasteiger charge is 2.48. The van der Waals surface area contributed by atoms with E-state index in [0.29, 0.717) is 0 Å². The van der Waals surface area contributed by atoms with Gasteiger partial charge in [-0.2, -0.15) is 0 Å². The molecule has 0 N–H and O–H groups in total. The van der Waals surface area contributed by atoms with Crippen molar-refractivity contribution < 1.29 is 0 Å². The van der Waals surface area contributed by atoms with Gasteiger partial charge in [-0.15, -0.1) is 11.3 Å². The van der Waals surface area contributed by atoms with Gasteiger partial charge in [-0.1, -0.05) is 149 Å². The number of benzene rings is 8. The molecule has 1 aromatic heterocycles. The lowest BCUT2D eigenvalue weighted by atomic mass is 9.74. The molecule has 0 aliphatic heterocycles. The Morgan fingerprint density at radius 2 is 0.754 bits per heavy atom. The summed E-state index contributed by atoms with van der Waals surface area (Å²) in [4.78, 5) is 7.72. The van der Waals surface area contributed by atoms with Crippen LogP contribution in [-0.4, -0.2) is 0 Å². The van der Waals surface area contributed by atoms with Crippen molar-refractivity contribution in [2.24, 2.45) is 0 Å².